The van der Waals surface area contributed by atoms with Gasteiger partial charge in [-0.05, 0) is 55.7 Å². The zero-order valence-corrected chi connectivity index (χ0v) is 15.6. The van der Waals surface area contributed by atoms with E-state index < -0.39 is 0 Å². The number of nitrogens with zero attached hydrogens (tertiary/aromatic N) is 2. The second-order valence-electron chi connectivity index (χ2n) is 7.78. The van der Waals surface area contributed by atoms with Crippen molar-refractivity contribution in [1.82, 2.24) is 9.47 Å². The molecule has 2 aromatic rings. The average molecular weight is 356 g/mol. The van der Waals surface area contributed by atoms with Crippen LogP contribution in [-0.4, -0.2) is 41.2 Å². The molecule has 1 aromatic heterocycles. The highest BCUT2D eigenvalue weighted by atomic mass is 16.5. The summed E-state index contributed by atoms with van der Waals surface area (Å²) in [4.78, 5) is 11.7. The standard InChI is InChI=1S/C19H24N2O.C2H4O2/c1-2-19-9-5-10-20-11-8-14-13-6-3-4-7-15(13)21(16(22)12-19)17(14)18(19)20;1-4-2-3/h3-4,6-7,16,18,22H,2,5,8-12H2,1H3;2H,1H3/t16-,18?,19?;/m1./s1. The van der Waals surface area contributed by atoms with Crippen molar-refractivity contribution in [2.45, 2.75) is 51.3 Å². The smallest absolute Gasteiger partial charge is 0.292 e. The average Bonchev–Trinajstić information content (AvgIpc) is 3.03. The lowest BCUT2D eigenvalue weighted by molar-refractivity contribution is -0.126. The normalized spacial score (nSPS) is 29.5. The van der Waals surface area contributed by atoms with Gasteiger partial charge in [0.1, 0.15) is 6.23 Å². The van der Waals surface area contributed by atoms with Gasteiger partial charge >= 0.3 is 0 Å². The number of rotatable bonds is 2. The summed E-state index contributed by atoms with van der Waals surface area (Å²) in [5.41, 5.74) is 4.46. The van der Waals surface area contributed by atoms with Crippen molar-refractivity contribution >= 4 is 17.4 Å². The van der Waals surface area contributed by atoms with Gasteiger partial charge in [0.2, 0.25) is 0 Å². The third-order valence-electron chi connectivity index (χ3n) is 6.72. The van der Waals surface area contributed by atoms with Gasteiger partial charge in [0.05, 0.1) is 18.7 Å². The first-order valence-electron chi connectivity index (χ1n) is 9.67. The Kier molecular flexibility index (Phi) is 4.53. The van der Waals surface area contributed by atoms with Gasteiger partial charge in [0, 0.05) is 17.6 Å². The Balaban J connectivity index is 0.000000385. The van der Waals surface area contributed by atoms with Crippen LogP contribution in [0.15, 0.2) is 24.3 Å². The molecule has 2 unspecified atom stereocenters. The minimum absolute atomic E-state index is 0.275. The maximum absolute atomic E-state index is 11.0. The molecule has 140 valence electrons. The van der Waals surface area contributed by atoms with E-state index in [1.807, 2.05) is 0 Å². The predicted molar refractivity (Wildman–Crippen MR) is 101 cm³/mol. The SMILES string of the molecule is CCC12CCCN3CCc4c(n(c5ccccc45)[C@H](O)C1)C32.COC=O. The summed E-state index contributed by atoms with van der Waals surface area (Å²) in [6.45, 7) is 5.11. The van der Waals surface area contributed by atoms with Gasteiger partial charge in [0.15, 0.2) is 0 Å². The van der Waals surface area contributed by atoms with Crippen molar-refractivity contribution < 1.29 is 14.6 Å². The highest BCUT2D eigenvalue weighted by molar-refractivity contribution is 5.86. The third-order valence-corrected chi connectivity index (χ3v) is 6.72. The largest absolute Gasteiger partial charge is 0.471 e. The van der Waals surface area contributed by atoms with Gasteiger partial charge < -0.3 is 14.4 Å². The molecule has 0 spiro atoms. The zero-order chi connectivity index (χ0) is 18.3. The van der Waals surface area contributed by atoms with E-state index in [9.17, 15) is 5.11 Å². The minimum atomic E-state index is -0.358. The number of fused-ring (bicyclic) bond motifs is 3. The molecular formula is C21H28N2O3. The van der Waals surface area contributed by atoms with Gasteiger partial charge in [-0.3, -0.25) is 9.69 Å². The third kappa shape index (κ3) is 2.41. The lowest BCUT2D eigenvalue weighted by Crippen LogP contribution is -2.53. The van der Waals surface area contributed by atoms with Gasteiger partial charge in [-0.25, -0.2) is 0 Å². The molecule has 0 saturated carbocycles. The molecule has 4 heterocycles. The maximum Gasteiger partial charge on any atom is 0.292 e. The topological polar surface area (TPSA) is 54.7 Å². The van der Waals surface area contributed by atoms with Gasteiger partial charge in [0.25, 0.3) is 6.47 Å². The van der Waals surface area contributed by atoms with Crippen molar-refractivity contribution in [3.05, 3.63) is 35.5 Å². The van der Waals surface area contributed by atoms with E-state index in [2.05, 4.69) is 45.4 Å². The number of hydrogen-bond donors (Lipinski definition) is 1. The highest BCUT2D eigenvalue weighted by Crippen LogP contribution is 2.59. The van der Waals surface area contributed by atoms with Crippen LogP contribution >= 0.6 is 0 Å². The molecule has 26 heavy (non-hydrogen) atoms. The second kappa shape index (κ2) is 6.71. The molecule has 0 bridgehead atoms. The quantitative estimate of drug-likeness (QED) is 0.838. The summed E-state index contributed by atoms with van der Waals surface area (Å²) >= 11 is 0. The highest BCUT2D eigenvalue weighted by Gasteiger charge is 2.52. The number of piperidine rings is 1. The molecule has 3 atom stereocenters. The molecule has 0 radical (unpaired) electrons. The summed E-state index contributed by atoms with van der Waals surface area (Å²) in [6.07, 6.45) is 5.41. The number of para-hydroxylation sites is 1. The maximum atomic E-state index is 11.0. The Bertz CT molecular complexity index is 815. The van der Waals surface area contributed by atoms with Gasteiger partial charge in [-0.1, -0.05) is 25.1 Å². The first-order valence-corrected chi connectivity index (χ1v) is 9.67. The van der Waals surface area contributed by atoms with Crippen LogP contribution in [0.4, 0.5) is 0 Å². The summed E-state index contributed by atoms with van der Waals surface area (Å²) in [5.74, 6) is 0. The number of hydrogen-bond acceptors (Lipinski definition) is 4. The Labute approximate surface area is 154 Å². The van der Waals surface area contributed by atoms with E-state index in [4.69, 9.17) is 4.79 Å². The van der Waals surface area contributed by atoms with Crippen molar-refractivity contribution in [3.63, 3.8) is 0 Å². The molecule has 0 amide bonds. The molecule has 5 rings (SSSR count). The van der Waals surface area contributed by atoms with Crippen LogP contribution < -0.4 is 0 Å². The van der Waals surface area contributed by atoms with Crippen molar-refractivity contribution in [3.8, 4) is 0 Å². The molecule has 3 aliphatic heterocycles. The number of aromatic nitrogens is 1. The number of ether oxygens (including phenoxy) is 1. The molecule has 1 N–H and O–H groups in total. The van der Waals surface area contributed by atoms with Crippen LogP contribution in [-0.2, 0) is 16.0 Å². The molecule has 0 aliphatic carbocycles. The Hall–Kier alpha value is -1.85. The fourth-order valence-electron chi connectivity index (χ4n) is 5.66. The summed E-state index contributed by atoms with van der Waals surface area (Å²) in [6, 6.07) is 9.19. The number of aliphatic hydroxyl groups excluding tert-OH is 1. The summed E-state index contributed by atoms with van der Waals surface area (Å²) < 4.78 is 6.13. The first kappa shape index (κ1) is 17.6. The van der Waals surface area contributed by atoms with Crippen molar-refractivity contribution in [1.29, 1.82) is 0 Å². The fraction of sp³-hybridized carbons (Fsp3) is 0.571. The van der Waals surface area contributed by atoms with Crippen LogP contribution in [0.1, 0.15) is 56.1 Å². The lowest BCUT2D eigenvalue weighted by atomic mass is 9.64. The van der Waals surface area contributed by atoms with E-state index in [0.29, 0.717) is 12.5 Å². The van der Waals surface area contributed by atoms with E-state index in [0.717, 1.165) is 12.8 Å². The van der Waals surface area contributed by atoms with E-state index in [-0.39, 0.29) is 11.6 Å². The Morgan fingerprint density at radius 2 is 2.12 bits per heavy atom. The van der Waals surface area contributed by atoms with E-state index in [1.165, 1.54) is 61.6 Å². The molecule has 1 aromatic carbocycles. The van der Waals surface area contributed by atoms with Gasteiger partial charge in [-0.2, -0.15) is 0 Å². The second-order valence-corrected chi connectivity index (χ2v) is 7.78. The van der Waals surface area contributed by atoms with Crippen LogP contribution in [0.5, 0.6) is 0 Å². The molecule has 1 fully saturated rings. The molecule has 5 heteroatoms. The number of carbonyl (C=O) groups excluding carboxylic acids is 1. The monoisotopic (exact) mass is 356 g/mol. The molecular weight excluding hydrogens is 328 g/mol. The molecule has 3 aliphatic rings. The van der Waals surface area contributed by atoms with E-state index >= 15 is 0 Å². The van der Waals surface area contributed by atoms with Crippen LogP contribution in [0, 0.1) is 5.41 Å². The van der Waals surface area contributed by atoms with Gasteiger partial charge in [-0.15, -0.1) is 0 Å². The number of aliphatic hydroxyl groups is 1. The van der Waals surface area contributed by atoms with Crippen LogP contribution in [0.25, 0.3) is 10.9 Å². The van der Waals surface area contributed by atoms with E-state index in [1.54, 1.807) is 0 Å². The molecule has 1 saturated heterocycles. The Morgan fingerprint density at radius 3 is 2.85 bits per heavy atom. The first-order chi connectivity index (χ1) is 12.7. The number of benzene rings is 1. The zero-order valence-electron chi connectivity index (χ0n) is 15.6. The summed E-state index contributed by atoms with van der Waals surface area (Å²) in [5, 5.41) is 12.3. The van der Waals surface area contributed by atoms with Crippen LogP contribution in [0.2, 0.25) is 0 Å². The van der Waals surface area contributed by atoms with Crippen molar-refractivity contribution in [2.75, 3.05) is 20.2 Å². The lowest BCUT2D eigenvalue weighted by Gasteiger charge is -2.56. The van der Waals surface area contributed by atoms with Crippen molar-refractivity contribution in [2.24, 2.45) is 5.41 Å². The number of carbonyl (C=O) groups is 1. The fourth-order valence-corrected chi connectivity index (χ4v) is 5.66. The Morgan fingerprint density at radius 1 is 1.35 bits per heavy atom. The predicted octanol–water partition coefficient (Wildman–Crippen LogP) is 3.41. The molecule has 5 nitrogen and oxygen atoms in total. The van der Waals surface area contributed by atoms with Crippen LogP contribution in [0.3, 0.4) is 0 Å². The summed E-state index contributed by atoms with van der Waals surface area (Å²) in [7, 11) is 1.31. The number of methoxy groups -OCH3 is 1. The minimum Gasteiger partial charge on any atom is -0.471 e.